The molecule has 23 heavy (non-hydrogen) atoms. The van der Waals surface area contributed by atoms with Gasteiger partial charge in [-0.05, 0) is 31.5 Å². The van der Waals surface area contributed by atoms with Crippen molar-refractivity contribution in [2.24, 2.45) is 0 Å². The monoisotopic (exact) mass is 372 g/mol. The second-order valence-electron chi connectivity index (χ2n) is 5.82. The van der Waals surface area contributed by atoms with E-state index in [1.165, 1.54) is 17.3 Å². The molecule has 0 aromatic heterocycles. The molecule has 1 heterocycles. The van der Waals surface area contributed by atoms with Gasteiger partial charge in [-0.25, -0.2) is 0 Å². The van der Waals surface area contributed by atoms with E-state index in [0.717, 1.165) is 16.5 Å². The molecule has 1 aromatic rings. The number of hydrogen-bond acceptors (Lipinski definition) is 4. The third kappa shape index (κ3) is 5.62. The summed E-state index contributed by atoms with van der Waals surface area (Å²) in [6, 6.07) is 7.34. The molecule has 4 nitrogen and oxygen atoms in total. The number of amides is 2. The Bertz CT molecular complexity index is 581. The minimum absolute atomic E-state index is 0.0794. The van der Waals surface area contributed by atoms with Crippen molar-refractivity contribution in [3.05, 3.63) is 34.9 Å². The molecule has 0 spiro atoms. The standard InChI is InChI=1S/C16H21ClN2O2S2/c1-16(2)15(21)19-13(10-23-16)14(20)18-6-7-22-9-11-4-3-5-12(17)8-11/h3-5,8,13H,6-7,9-10H2,1-2H3,(H,18,20)(H,19,21). The Balaban J connectivity index is 1.65. The average molecular weight is 373 g/mol. The van der Waals surface area contributed by atoms with Crippen LogP contribution in [0.3, 0.4) is 0 Å². The Morgan fingerprint density at radius 1 is 1.52 bits per heavy atom. The van der Waals surface area contributed by atoms with Gasteiger partial charge in [0.05, 0.1) is 4.75 Å². The lowest BCUT2D eigenvalue weighted by Crippen LogP contribution is -2.57. The number of halogens is 1. The highest BCUT2D eigenvalue weighted by molar-refractivity contribution is 8.01. The number of benzene rings is 1. The van der Waals surface area contributed by atoms with Gasteiger partial charge >= 0.3 is 0 Å². The quantitative estimate of drug-likeness (QED) is 0.754. The van der Waals surface area contributed by atoms with Crippen LogP contribution in [0.1, 0.15) is 19.4 Å². The number of hydrogen-bond donors (Lipinski definition) is 2. The summed E-state index contributed by atoms with van der Waals surface area (Å²) in [4.78, 5) is 23.9. The molecule has 0 radical (unpaired) electrons. The van der Waals surface area contributed by atoms with E-state index >= 15 is 0 Å². The van der Waals surface area contributed by atoms with E-state index in [1.54, 1.807) is 11.8 Å². The minimum Gasteiger partial charge on any atom is -0.353 e. The van der Waals surface area contributed by atoms with E-state index in [-0.39, 0.29) is 11.8 Å². The zero-order valence-electron chi connectivity index (χ0n) is 13.2. The van der Waals surface area contributed by atoms with Crippen LogP contribution in [0.5, 0.6) is 0 Å². The maximum Gasteiger partial charge on any atom is 0.243 e. The largest absolute Gasteiger partial charge is 0.353 e. The molecule has 0 aliphatic carbocycles. The topological polar surface area (TPSA) is 58.2 Å². The lowest BCUT2D eigenvalue weighted by atomic mass is 10.1. The van der Waals surface area contributed by atoms with Crippen LogP contribution < -0.4 is 10.6 Å². The second kappa shape index (κ2) is 8.31. The fourth-order valence-corrected chi connectivity index (χ4v) is 4.09. The summed E-state index contributed by atoms with van der Waals surface area (Å²) in [5, 5.41) is 6.41. The molecule has 126 valence electrons. The lowest BCUT2D eigenvalue weighted by molar-refractivity contribution is -0.129. The van der Waals surface area contributed by atoms with Crippen LogP contribution >= 0.6 is 35.1 Å². The summed E-state index contributed by atoms with van der Waals surface area (Å²) in [7, 11) is 0. The fourth-order valence-electron chi connectivity index (χ4n) is 2.06. The van der Waals surface area contributed by atoms with Crippen molar-refractivity contribution < 1.29 is 9.59 Å². The van der Waals surface area contributed by atoms with Gasteiger partial charge in [0.2, 0.25) is 11.8 Å². The molecule has 7 heteroatoms. The van der Waals surface area contributed by atoms with Gasteiger partial charge in [-0.2, -0.15) is 11.8 Å². The summed E-state index contributed by atoms with van der Waals surface area (Å²) in [5.41, 5.74) is 1.17. The fraction of sp³-hybridized carbons (Fsp3) is 0.500. The van der Waals surface area contributed by atoms with Crippen LogP contribution in [0, 0.1) is 0 Å². The maximum absolute atomic E-state index is 12.1. The van der Waals surface area contributed by atoms with Gasteiger partial charge in [0.15, 0.2) is 0 Å². The number of rotatable bonds is 6. The first kappa shape index (κ1) is 18.5. The molecule has 1 saturated heterocycles. The molecule has 1 fully saturated rings. The van der Waals surface area contributed by atoms with Crippen molar-refractivity contribution in [3.8, 4) is 0 Å². The van der Waals surface area contributed by atoms with E-state index in [2.05, 4.69) is 10.6 Å². The van der Waals surface area contributed by atoms with Crippen LogP contribution in [0.4, 0.5) is 0 Å². The molecule has 1 aliphatic rings. The summed E-state index contributed by atoms with van der Waals surface area (Å²) < 4.78 is -0.455. The van der Waals surface area contributed by atoms with Gasteiger partial charge in [0, 0.05) is 28.8 Å². The lowest BCUT2D eigenvalue weighted by Gasteiger charge is -2.32. The summed E-state index contributed by atoms with van der Waals surface area (Å²) >= 11 is 9.20. The van der Waals surface area contributed by atoms with Crippen molar-refractivity contribution in [2.75, 3.05) is 18.1 Å². The van der Waals surface area contributed by atoms with Gasteiger partial charge in [0.25, 0.3) is 0 Å². The molecule has 1 atom stereocenters. The van der Waals surface area contributed by atoms with E-state index in [0.29, 0.717) is 12.3 Å². The molecule has 2 rings (SSSR count). The molecular weight excluding hydrogens is 352 g/mol. The van der Waals surface area contributed by atoms with Crippen LogP contribution in [-0.2, 0) is 15.3 Å². The van der Waals surface area contributed by atoms with E-state index < -0.39 is 10.8 Å². The smallest absolute Gasteiger partial charge is 0.243 e. The Morgan fingerprint density at radius 3 is 3.00 bits per heavy atom. The highest BCUT2D eigenvalue weighted by Crippen LogP contribution is 2.28. The zero-order valence-corrected chi connectivity index (χ0v) is 15.6. The Morgan fingerprint density at radius 2 is 2.30 bits per heavy atom. The van der Waals surface area contributed by atoms with Crippen molar-refractivity contribution in [1.29, 1.82) is 0 Å². The van der Waals surface area contributed by atoms with Crippen molar-refractivity contribution in [3.63, 3.8) is 0 Å². The highest BCUT2D eigenvalue weighted by Gasteiger charge is 2.37. The van der Waals surface area contributed by atoms with Gasteiger partial charge in [0.1, 0.15) is 6.04 Å². The molecule has 0 bridgehead atoms. The summed E-state index contributed by atoms with van der Waals surface area (Å²) in [5.74, 6) is 2.10. The Kier molecular flexibility index (Phi) is 6.68. The predicted octanol–water partition coefficient (Wildman–Crippen LogP) is 2.70. The molecule has 2 amide bonds. The average Bonchev–Trinajstić information content (AvgIpc) is 2.49. The van der Waals surface area contributed by atoms with Crippen molar-refractivity contribution in [2.45, 2.75) is 30.4 Å². The van der Waals surface area contributed by atoms with Gasteiger partial charge in [-0.3, -0.25) is 9.59 Å². The predicted molar refractivity (Wildman–Crippen MR) is 99.1 cm³/mol. The molecular formula is C16H21ClN2O2S2. The maximum atomic E-state index is 12.1. The summed E-state index contributed by atoms with van der Waals surface area (Å²) in [6.07, 6.45) is 0. The second-order valence-corrected chi connectivity index (χ2v) is 9.01. The first-order valence-electron chi connectivity index (χ1n) is 7.43. The Hall–Kier alpha value is -0.850. The minimum atomic E-state index is -0.455. The third-order valence-corrected chi connectivity index (χ3v) is 6.16. The van der Waals surface area contributed by atoms with E-state index in [4.69, 9.17) is 11.6 Å². The number of nitrogens with one attached hydrogen (secondary N) is 2. The van der Waals surface area contributed by atoms with E-state index in [1.807, 2.05) is 38.1 Å². The van der Waals surface area contributed by atoms with Crippen LogP contribution in [0.15, 0.2) is 24.3 Å². The van der Waals surface area contributed by atoms with Crippen LogP contribution in [0.25, 0.3) is 0 Å². The van der Waals surface area contributed by atoms with Crippen LogP contribution in [-0.4, -0.2) is 40.7 Å². The first-order valence-corrected chi connectivity index (χ1v) is 9.95. The number of thioether (sulfide) groups is 2. The molecule has 1 aliphatic heterocycles. The normalized spacial score (nSPS) is 20.0. The SMILES string of the molecule is CC1(C)SCC(C(=O)NCCSCc2cccc(Cl)c2)NC1=O. The molecule has 1 unspecified atom stereocenters. The first-order chi connectivity index (χ1) is 10.9. The van der Waals surface area contributed by atoms with Crippen molar-refractivity contribution in [1.82, 2.24) is 10.6 Å². The third-order valence-electron chi connectivity index (χ3n) is 3.48. The zero-order chi connectivity index (χ0) is 16.9. The summed E-state index contributed by atoms with van der Waals surface area (Å²) in [6.45, 7) is 4.33. The molecule has 0 saturated carbocycles. The van der Waals surface area contributed by atoms with Gasteiger partial charge in [-0.1, -0.05) is 23.7 Å². The number of carbonyl (C=O) groups is 2. The molecule has 1 aromatic carbocycles. The van der Waals surface area contributed by atoms with E-state index in [9.17, 15) is 9.59 Å². The highest BCUT2D eigenvalue weighted by atomic mass is 35.5. The van der Waals surface area contributed by atoms with Gasteiger partial charge < -0.3 is 10.6 Å². The van der Waals surface area contributed by atoms with Crippen molar-refractivity contribution >= 4 is 46.9 Å². The number of carbonyl (C=O) groups excluding carboxylic acids is 2. The van der Waals surface area contributed by atoms with Gasteiger partial charge in [-0.15, -0.1) is 11.8 Å². The Labute approximate surface area is 150 Å². The molecule has 2 N–H and O–H groups in total. The van der Waals surface area contributed by atoms with Crippen LogP contribution in [0.2, 0.25) is 5.02 Å².